The summed E-state index contributed by atoms with van der Waals surface area (Å²) in [7, 11) is 0. The van der Waals surface area contributed by atoms with E-state index in [-0.39, 0.29) is 5.91 Å². The van der Waals surface area contributed by atoms with E-state index < -0.39 is 0 Å². The molecule has 0 saturated heterocycles. The Morgan fingerprint density at radius 3 is 2.62 bits per heavy atom. The number of rotatable bonds is 4. The highest BCUT2D eigenvalue weighted by Gasteiger charge is 2.07. The van der Waals surface area contributed by atoms with Gasteiger partial charge in [-0.15, -0.1) is 0 Å². The summed E-state index contributed by atoms with van der Waals surface area (Å²) in [6.45, 7) is 3.85. The normalized spacial score (nSPS) is 10.2. The fourth-order valence-electron chi connectivity index (χ4n) is 2.33. The van der Waals surface area contributed by atoms with Crippen molar-refractivity contribution >= 4 is 11.6 Å². The van der Waals surface area contributed by atoms with Gasteiger partial charge >= 0.3 is 0 Å². The summed E-state index contributed by atoms with van der Waals surface area (Å²) in [5.74, 6) is 1.20. The van der Waals surface area contributed by atoms with Gasteiger partial charge in [0, 0.05) is 23.5 Å². The van der Waals surface area contributed by atoms with E-state index in [1.165, 1.54) is 0 Å². The van der Waals surface area contributed by atoms with Gasteiger partial charge in [-0.1, -0.05) is 23.8 Å². The molecule has 120 valence electrons. The molecule has 1 N–H and O–H groups in total. The molecule has 4 nitrogen and oxygen atoms in total. The lowest BCUT2D eigenvalue weighted by Crippen LogP contribution is -2.11. The second-order valence-electron chi connectivity index (χ2n) is 5.54. The van der Waals surface area contributed by atoms with Gasteiger partial charge in [0.2, 0.25) is 0 Å². The summed E-state index contributed by atoms with van der Waals surface area (Å²) >= 11 is 0. The third kappa shape index (κ3) is 3.79. The Balaban J connectivity index is 1.76. The fraction of sp³-hybridized carbons (Fsp3) is 0.100. The van der Waals surface area contributed by atoms with Crippen molar-refractivity contribution in [2.75, 3.05) is 5.32 Å². The number of anilines is 1. The molecular formula is C20H18N2O2. The predicted octanol–water partition coefficient (Wildman–Crippen LogP) is 4.74. The highest BCUT2D eigenvalue weighted by molar-refractivity contribution is 6.04. The van der Waals surface area contributed by atoms with Gasteiger partial charge in [-0.25, -0.2) is 0 Å². The monoisotopic (exact) mass is 318 g/mol. The van der Waals surface area contributed by atoms with E-state index in [0.29, 0.717) is 22.7 Å². The van der Waals surface area contributed by atoms with E-state index >= 15 is 0 Å². The van der Waals surface area contributed by atoms with Crippen LogP contribution in [0, 0.1) is 13.8 Å². The molecule has 4 heteroatoms. The molecule has 0 radical (unpaired) electrons. The number of pyridine rings is 1. The van der Waals surface area contributed by atoms with E-state index in [4.69, 9.17) is 4.74 Å². The van der Waals surface area contributed by atoms with Gasteiger partial charge in [0.1, 0.15) is 11.5 Å². The maximum Gasteiger partial charge on any atom is 0.255 e. The van der Waals surface area contributed by atoms with Crippen molar-refractivity contribution in [1.29, 1.82) is 0 Å². The van der Waals surface area contributed by atoms with Crippen molar-refractivity contribution in [3.63, 3.8) is 0 Å². The van der Waals surface area contributed by atoms with Crippen LogP contribution >= 0.6 is 0 Å². The van der Waals surface area contributed by atoms with E-state index in [0.717, 1.165) is 11.3 Å². The molecular weight excluding hydrogens is 300 g/mol. The number of hydrogen-bond donors (Lipinski definition) is 1. The highest BCUT2D eigenvalue weighted by Crippen LogP contribution is 2.25. The maximum atomic E-state index is 12.3. The van der Waals surface area contributed by atoms with Gasteiger partial charge in [0.05, 0.1) is 5.69 Å². The van der Waals surface area contributed by atoms with Crippen LogP contribution in [0.4, 0.5) is 5.69 Å². The molecule has 3 rings (SSSR count). The second kappa shape index (κ2) is 6.96. The van der Waals surface area contributed by atoms with Crippen LogP contribution in [0.25, 0.3) is 0 Å². The van der Waals surface area contributed by atoms with Gasteiger partial charge in [-0.2, -0.15) is 0 Å². The van der Waals surface area contributed by atoms with Crippen LogP contribution in [-0.4, -0.2) is 10.9 Å². The van der Waals surface area contributed by atoms with Crippen molar-refractivity contribution in [1.82, 2.24) is 4.98 Å². The maximum absolute atomic E-state index is 12.3. The zero-order valence-electron chi connectivity index (χ0n) is 13.6. The summed E-state index contributed by atoms with van der Waals surface area (Å²) in [5.41, 5.74) is 3.17. The largest absolute Gasteiger partial charge is 0.455 e. The molecule has 0 unspecified atom stereocenters. The molecule has 0 aliphatic heterocycles. The highest BCUT2D eigenvalue weighted by atomic mass is 16.5. The first-order valence-electron chi connectivity index (χ1n) is 7.69. The number of amides is 1. The van der Waals surface area contributed by atoms with Crippen LogP contribution in [-0.2, 0) is 0 Å². The predicted molar refractivity (Wildman–Crippen MR) is 94.6 cm³/mol. The molecule has 0 atom stereocenters. The van der Waals surface area contributed by atoms with Gasteiger partial charge in [0.15, 0.2) is 0 Å². The molecule has 0 bridgehead atoms. The summed E-state index contributed by atoms with van der Waals surface area (Å²) in [4.78, 5) is 16.5. The zero-order valence-corrected chi connectivity index (χ0v) is 13.6. The van der Waals surface area contributed by atoms with Gasteiger partial charge in [-0.05, 0) is 50.2 Å². The van der Waals surface area contributed by atoms with Crippen LogP contribution in [0.5, 0.6) is 11.5 Å². The number of carbonyl (C=O) groups is 1. The molecule has 0 fully saturated rings. The van der Waals surface area contributed by atoms with Gasteiger partial charge < -0.3 is 10.1 Å². The number of aryl methyl sites for hydroxylation is 2. The molecule has 0 aliphatic rings. The average Bonchev–Trinajstić information content (AvgIpc) is 2.57. The molecule has 1 heterocycles. The van der Waals surface area contributed by atoms with Crippen LogP contribution in [0.3, 0.4) is 0 Å². The summed E-state index contributed by atoms with van der Waals surface area (Å²) in [6.07, 6.45) is 1.72. The minimum absolute atomic E-state index is 0.145. The lowest BCUT2D eigenvalue weighted by molar-refractivity contribution is 0.102. The van der Waals surface area contributed by atoms with E-state index in [1.807, 2.05) is 62.4 Å². The number of carbonyl (C=O) groups excluding carboxylic acids is 1. The number of ether oxygens (including phenoxy) is 1. The minimum Gasteiger partial charge on any atom is -0.455 e. The summed E-state index contributed by atoms with van der Waals surface area (Å²) in [6, 6.07) is 18.5. The van der Waals surface area contributed by atoms with Crippen molar-refractivity contribution in [3.8, 4) is 11.5 Å². The average molecular weight is 318 g/mol. The van der Waals surface area contributed by atoms with Gasteiger partial charge in [0.25, 0.3) is 5.91 Å². The van der Waals surface area contributed by atoms with E-state index in [9.17, 15) is 4.79 Å². The van der Waals surface area contributed by atoms with Crippen molar-refractivity contribution in [2.45, 2.75) is 13.8 Å². The molecule has 3 aromatic rings. The van der Waals surface area contributed by atoms with Gasteiger partial charge in [-0.3, -0.25) is 9.78 Å². The van der Waals surface area contributed by atoms with Crippen molar-refractivity contribution in [2.24, 2.45) is 0 Å². The molecule has 1 aromatic heterocycles. The number of nitrogens with zero attached hydrogens (tertiary/aromatic N) is 1. The van der Waals surface area contributed by atoms with Crippen LogP contribution in [0.1, 0.15) is 21.6 Å². The molecule has 0 aliphatic carbocycles. The summed E-state index contributed by atoms with van der Waals surface area (Å²) < 4.78 is 5.84. The van der Waals surface area contributed by atoms with Crippen LogP contribution in [0.2, 0.25) is 0 Å². The quantitative estimate of drug-likeness (QED) is 0.755. The van der Waals surface area contributed by atoms with Crippen molar-refractivity contribution < 1.29 is 9.53 Å². The van der Waals surface area contributed by atoms with Crippen LogP contribution < -0.4 is 10.1 Å². The molecule has 1 amide bonds. The minimum atomic E-state index is -0.145. The first-order chi connectivity index (χ1) is 11.6. The van der Waals surface area contributed by atoms with E-state index in [2.05, 4.69) is 10.3 Å². The van der Waals surface area contributed by atoms with Crippen molar-refractivity contribution in [3.05, 3.63) is 83.7 Å². The fourth-order valence-corrected chi connectivity index (χ4v) is 2.33. The lowest BCUT2D eigenvalue weighted by Gasteiger charge is -2.10. The van der Waals surface area contributed by atoms with E-state index in [1.54, 1.807) is 18.3 Å². The third-order valence-electron chi connectivity index (χ3n) is 3.56. The first kappa shape index (κ1) is 15.7. The first-order valence-corrected chi connectivity index (χ1v) is 7.69. The Bertz CT molecular complexity index is 875. The number of nitrogens with one attached hydrogen (secondary N) is 1. The number of benzene rings is 2. The third-order valence-corrected chi connectivity index (χ3v) is 3.56. The van der Waals surface area contributed by atoms with Crippen LogP contribution in [0.15, 0.2) is 66.9 Å². The number of hydrogen-bond acceptors (Lipinski definition) is 3. The smallest absolute Gasteiger partial charge is 0.255 e. The Hall–Kier alpha value is -3.14. The molecule has 2 aromatic carbocycles. The Labute approximate surface area is 141 Å². The topological polar surface area (TPSA) is 51.2 Å². The zero-order chi connectivity index (χ0) is 16.9. The molecule has 24 heavy (non-hydrogen) atoms. The standard InChI is InChI=1S/C20H18N2O2/c1-14-6-3-7-16(12-14)20(23)22-17-8-4-9-18(13-17)24-19-10-5-11-21-15(19)2/h3-13H,1-2H3,(H,22,23). The Morgan fingerprint density at radius 1 is 1.00 bits per heavy atom. The molecule has 0 spiro atoms. The Morgan fingerprint density at radius 2 is 1.83 bits per heavy atom. The lowest BCUT2D eigenvalue weighted by atomic mass is 10.1. The Kier molecular flexibility index (Phi) is 4.57. The second-order valence-corrected chi connectivity index (χ2v) is 5.54. The molecule has 0 saturated carbocycles. The SMILES string of the molecule is Cc1cccc(C(=O)Nc2cccc(Oc3cccnc3C)c2)c1. The summed E-state index contributed by atoms with van der Waals surface area (Å²) in [5, 5.41) is 2.89. The number of aromatic nitrogens is 1.